The summed E-state index contributed by atoms with van der Waals surface area (Å²) in [6, 6.07) is 4.92. The molecule has 1 atom stereocenters. The highest BCUT2D eigenvalue weighted by atomic mass is 16.6. The molecule has 1 saturated carbocycles. The Morgan fingerprint density at radius 2 is 2.00 bits per heavy atom. The predicted octanol–water partition coefficient (Wildman–Crippen LogP) is 1.77. The monoisotopic (exact) mass is 305 g/mol. The number of non-ortho nitro benzene ring substituents is 1. The lowest BCUT2D eigenvalue weighted by atomic mass is 10.1. The van der Waals surface area contributed by atoms with Gasteiger partial charge in [0.15, 0.2) is 0 Å². The summed E-state index contributed by atoms with van der Waals surface area (Å²) in [6.45, 7) is 1.60. The largest absolute Gasteiger partial charge is 0.352 e. The molecule has 118 valence electrons. The zero-order chi connectivity index (χ0) is 16.1. The first-order valence-corrected chi connectivity index (χ1v) is 7.33. The first-order valence-electron chi connectivity index (χ1n) is 7.33. The molecule has 22 heavy (non-hydrogen) atoms. The van der Waals surface area contributed by atoms with Crippen LogP contribution in [0.1, 0.15) is 43.0 Å². The molecule has 2 amide bonds. The summed E-state index contributed by atoms with van der Waals surface area (Å²) in [4.78, 5) is 34.2. The van der Waals surface area contributed by atoms with E-state index in [0.29, 0.717) is 0 Å². The van der Waals surface area contributed by atoms with Crippen molar-refractivity contribution in [2.75, 3.05) is 0 Å². The maximum absolute atomic E-state index is 12.1. The van der Waals surface area contributed by atoms with Gasteiger partial charge in [-0.05, 0) is 25.8 Å². The van der Waals surface area contributed by atoms with E-state index in [0.717, 1.165) is 25.7 Å². The maximum Gasteiger partial charge on any atom is 0.270 e. The van der Waals surface area contributed by atoms with Crippen LogP contribution in [0.15, 0.2) is 24.3 Å². The quantitative estimate of drug-likeness (QED) is 0.639. The first kappa shape index (κ1) is 15.9. The average molecular weight is 305 g/mol. The van der Waals surface area contributed by atoms with Crippen LogP contribution in [0.4, 0.5) is 5.69 Å². The van der Waals surface area contributed by atoms with Crippen LogP contribution < -0.4 is 10.6 Å². The van der Waals surface area contributed by atoms with Gasteiger partial charge in [-0.2, -0.15) is 0 Å². The van der Waals surface area contributed by atoms with E-state index in [-0.39, 0.29) is 23.2 Å². The molecule has 0 saturated heterocycles. The van der Waals surface area contributed by atoms with E-state index in [9.17, 15) is 19.7 Å². The number of nitro groups is 1. The smallest absolute Gasteiger partial charge is 0.270 e. The van der Waals surface area contributed by atoms with Crippen molar-refractivity contribution in [1.82, 2.24) is 10.6 Å². The molecule has 2 rings (SSSR count). The Morgan fingerprint density at radius 1 is 1.32 bits per heavy atom. The fourth-order valence-electron chi connectivity index (χ4n) is 2.50. The molecule has 1 unspecified atom stereocenters. The second-order valence-corrected chi connectivity index (χ2v) is 5.49. The van der Waals surface area contributed by atoms with Crippen molar-refractivity contribution in [2.24, 2.45) is 0 Å². The van der Waals surface area contributed by atoms with Crippen molar-refractivity contribution < 1.29 is 14.5 Å². The zero-order valence-electron chi connectivity index (χ0n) is 12.4. The Labute approximate surface area is 128 Å². The molecule has 0 bridgehead atoms. The Balaban J connectivity index is 1.94. The zero-order valence-corrected chi connectivity index (χ0v) is 12.4. The minimum Gasteiger partial charge on any atom is -0.352 e. The highest BCUT2D eigenvalue weighted by Gasteiger charge is 2.22. The Kier molecular flexibility index (Phi) is 5.08. The Hall–Kier alpha value is -2.44. The molecule has 1 aliphatic carbocycles. The van der Waals surface area contributed by atoms with Crippen LogP contribution >= 0.6 is 0 Å². The van der Waals surface area contributed by atoms with E-state index in [1.807, 2.05) is 0 Å². The van der Waals surface area contributed by atoms with E-state index in [2.05, 4.69) is 10.6 Å². The second-order valence-electron chi connectivity index (χ2n) is 5.49. The number of hydrogen-bond donors (Lipinski definition) is 2. The highest BCUT2D eigenvalue weighted by Crippen LogP contribution is 2.17. The standard InChI is InChI=1S/C15H19N3O4/c1-10(14(19)17-12-6-2-3-7-12)16-15(20)11-5-4-8-13(9-11)18(21)22/h4-5,8-10,12H,2-3,6-7H2,1H3,(H,16,20)(H,17,19). The van der Waals surface area contributed by atoms with Crippen LogP contribution in [0.5, 0.6) is 0 Å². The van der Waals surface area contributed by atoms with Gasteiger partial charge >= 0.3 is 0 Å². The van der Waals surface area contributed by atoms with Crippen LogP contribution in [0.25, 0.3) is 0 Å². The SMILES string of the molecule is CC(NC(=O)c1cccc([N+](=O)[O-])c1)C(=O)NC1CCCC1. The molecule has 1 aromatic carbocycles. The van der Waals surface area contributed by atoms with Crippen LogP contribution in [-0.4, -0.2) is 28.8 Å². The summed E-state index contributed by atoms with van der Waals surface area (Å²) < 4.78 is 0. The van der Waals surface area contributed by atoms with E-state index in [1.54, 1.807) is 6.92 Å². The van der Waals surface area contributed by atoms with Gasteiger partial charge in [-0.1, -0.05) is 18.9 Å². The molecule has 2 N–H and O–H groups in total. The number of rotatable bonds is 5. The third-order valence-corrected chi connectivity index (χ3v) is 3.76. The topological polar surface area (TPSA) is 101 Å². The number of hydrogen-bond acceptors (Lipinski definition) is 4. The van der Waals surface area contributed by atoms with Crippen LogP contribution in [-0.2, 0) is 4.79 Å². The summed E-state index contributed by atoms with van der Waals surface area (Å²) in [6.07, 6.45) is 4.16. The first-order chi connectivity index (χ1) is 10.5. The Morgan fingerprint density at radius 3 is 2.64 bits per heavy atom. The van der Waals surface area contributed by atoms with Crippen molar-refractivity contribution in [1.29, 1.82) is 0 Å². The highest BCUT2D eigenvalue weighted by molar-refractivity contribution is 5.97. The maximum atomic E-state index is 12.1. The average Bonchev–Trinajstić information content (AvgIpc) is 3.00. The lowest BCUT2D eigenvalue weighted by Crippen LogP contribution is -2.47. The number of nitro benzene ring substituents is 1. The summed E-state index contributed by atoms with van der Waals surface area (Å²) in [5.74, 6) is -0.733. The van der Waals surface area contributed by atoms with Crippen molar-refractivity contribution in [3.05, 3.63) is 39.9 Å². The number of amides is 2. The number of carbonyl (C=O) groups excluding carboxylic acids is 2. The van der Waals surface area contributed by atoms with Gasteiger partial charge in [0.2, 0.25) is 5.91 Å². The minimum absolute atomic E-state index is 0.157. The number of benzene rings is 1. The second kappa shape index (κ2) is 7.02. The summed E-state index contributed by atoms with van der Waals surface area (Å²) in [5.41, 5.74) is 0.00502. The van der Waals surface area contributed by atoms with Gasteiger partial charge in [0.25, 0.3) is 11.6 Å². The summed E-state index contributed by atoms with van der Waals surface area (Å²) in [5, 5.41) is 16.2. The molecule has 7 heteroatoms. The number of nitrogens with one attached hydrogen (secondary N) is 2. The third-order valence-electron chi connectivity index (χ3n) is 3.76. The van der Waals surface area contributed by atoms with Crippen LogP contribution in [0.3, 0.4) is 0 Å². The van der Waals surface area contributed by atoms with Gasteiger partial charge in [-0.15, -0.1) is 0 Å². The van der Waals surface area contributed by atoms with E-state index in [1.165, 1.54) is 24.3 Å². The fraction of sp³-hybridized carbons (Fsp3) is 0.467. The molecule has 0 aromatic heterocycles. The molecular weight excluding hydrogens is 286 g/mol. The molecule has 0 heterocycles. The van der Waals surface area contributed by atoms with Crippen molar-refractivity contribution in [2.45, 2.75) is 44.7 Å². The normalized spacial score (nSPS) is 16.0. The third kappa shape index (κ3) is 4.03. The van der Waals surface area contributed by atoms with Crippen molar-refractivity contribution in [3.8, 4) is 0 Å². The molecule has 7 nitrogen and oxygen atoms in total. The van der Waals surface area contributed by atoms with E-state index < -0.39 is 16.9 Å². The van der Waals surface area contributed by atoms with Gasteiger partial charge in [-0.3, -0.25) is 19.7 Å². The van der Waals surface area contributed by atoms with Gasteiger partial charge in [0.1, 0.15) is 6.04 Å². The summed E-state index contributed by atoms with van der Waals surface area (Å²) in [7, 11) is 0. The molecule has 0 radical (unpaired) electrons. The molecule has 0 spiro atoms. The lowest BCUT2D eigenvalue weighted by Gasteiger charge is -2.17. The van der Waals surface area contributed by atoms with E-state index >= 15 is 0 Å². The minimum atomic E-state index is -0.688. The summed E-state index contributed by atoms with van der Waals surface area (Å²) >= 11 is 0. The van der Waals surface area contributed by atoms with Crippen molar-refractivity contribution >= 4 is 17.5 Å². The molecule has 0 aliphatic heterocycles. The Bertz CT molecular complexity index is 582. The van der Waals surface area contributed by atoms with Gasteiger partial charge < -0.3 is 10.6 Å². The molecule has 1 aromatic rings. The van der Waals surface area contributed by atoms with Crippen molar-refractivity contribution in [3.63, 3.8) is 0 Å². The van der Waals surface area contributed by atoms with E-state index in [4.69, 9.17) is 0 Å². The lowest BCUT2D eigenvalue weighted by molar-refractivity contribution is -0.384. The molecule has 1 aliphatic rings. The number of nitrogens with zero attached hydrogens (tertiary/aromatic N) is 1. The van der Waals surface area contributed by atoms with Gasteiger partial charge in [0.05, 0.1) is 4.92 Å². The van der Waals surface area contributed by atoms with Gasteiger partial charge in [0, 0.05) is 23.7 Å². The predicted molar refractivity (Wildman–Crippen MR) is 80.4 cm³/mol. The number of carbonyl (C=O) groups is 2. The van der Waals surface area contributed by atoms with Crippen LogP contribution in [0, 0.1) is 10.1 Å². The fourth-order valence-corrected chi connectivity index (χ4v) is 2.50. The molecule has 1 fully saturated rings. The molecular formula is C15H19N3O4. The van der Waals surface area contributed by atoms with Gasteiger partial charge in [-0.25, -0.2) is 0 Å². The van der Waals surface area contributed by atoms with Crippen LogP contribution in [0.2, 0.25) is 0 Å².